The van der Waals surface area contributed by atoms with Crippen molar-refractivity contribution in [3.63, 3.8) is 0 Å². The normalized spacial score (nSPS) is 15.9. The summed E-state index contributed by atoms with van der Waals surface area (Å²) in [5, 5.41) is 6.16. The molecule has 1 heterocycles. The molecular weight excluding hydrogens is 292 g/mol. The fourth-order valence-corrected chi connectivity index (χ4v) is 2.37. The van der Waals surface area contributed by atoms with Crippen LogP contribution in [0.25, 0.3) is 0 Å². The Hall–Kier alpha value is -1.75. The molecule has 128 valence electrons. The first kappa shape index (κ1) is 17.6. The summed E-state index contributed by atoms with van der Waals surface area (Å²) in [5.41, 5.74) is 1.01. The number of nitrogens with one attached hydrogen (secondary N) is 2. The van der Waals surface area contributed by atoms with Crippen LogP contribution in [0.3, 0.4) is 0 Å². The molecule has 1 aliphatic rings. The number of hydrogen-bond donors (Lipinski definition) is 2. The number of carbonyl (C=O) groups is 1. The zero-order valence-corrected chi connectivity index (χ0v) is 14.5. The predicted octanol–water partition coefficient (Wildman–Crippen LogP) is 2.52. The zero-order chi connectivity index (χ0) is 16.8. The van der Waals surface area contributed by atoms with Gasteiger partial charge in [0.25, 0.3) is 0 Å². The third kappa shape index (κ3) is 4.86. The fraction of sp³-hybridized carbons (Fsp3) is 0.611. The molecule has 1 aliphatic heterocycles. The van der Waals surface area contributed by atoms with Gasteiger partial charge in [-0.1, -0.05) is 19.9 Å². The number of hydrogen-bond acceptors (Lipinski definition) is 4. The van der Waals surface area contributed by atoms with Crippen LogP contribution in [0.5, 0.6) is 11.5 Å². The van der Waals surface area contributed by atoms with Crippen LogP contribution in [0.1, 0.15) is 38.8 Å². The predicted molar refractivity (Wildman–Crippen MR) is 90.9 cm³/mol. The molecular formula is C18H28N2O3. The SMILES string of the molecule is COc1cc(C(C)NC(=O)C2CNC2)ccc1OCCC(C)C. The molecule has 5 heteroatoms. The highest BCUT2D eigenvalue weighted by Crippen LogP contribution is 2.30. The van der Waals surface area contributed by atoms with Gasteiger partial charge < -0.3 is 20.1 Å². The van der Waals surface area contributed by atoms with Gasteiger partial charge in [0.15, 0.2) is 11.5 Å². The molecule has 1 fully saturated rings. The number of benzene rings is 1. The summed E-state index contributed by atoms with van der Waals surface area (Å²) in [6.07, 6.45) is 1.01. The molecule has 5 nitrogen and oxygen atoms in total. The average Bonchev–Trinajstić information content (AvgIpc) is 2.45. The number of methoxy groups -OCH3 is 1. The third-order valence-corrected chi connectivity index (χ3v) is 4.15. The highest BCUT2D eigenvalue weighted by Gasteiger charge is 2.26. The van der Waals surface area contributed by atoms with Crippen LogP contribution in [0, 0.1) is 11.8 Å². The molecule has 1 amide bonds. The van der Waals surface area contributed by atoms with Crippen LogP contribution >= 0.6 is 0 Å². The Kier molecular flexibility index (Phi) is 6.28. The van der Waals surface area contributed by atoms with Crippen molar-refractivity contribution in [3.8, 4) is 11.5 Å². The largest absolute Gasteiger partial charge is 0.493 e. The van der Waals surface area contributed by atoms with Crippen molar-refractivity contribution in [1.82, 2.24) is 10.6 Å². The molecule has 0 bridgehead atoms. The lowest BCUT2D eigenvalue weighted by atomic mass is 10.0. The standard InChI is InChI=1S/C18H28N2O3/c1-12(2)7-8-23-16-6-5-14(9-17(16)22-4)13(3)20-18(21)15-10-19-11-15/h5-6,9,12-13,15,19H,7-8,10-11H2,1-4H3,(H,20,21). The van der Waals surface area contributed by atoms with Crippen LogP contribution in [-0.2, 0) is 4.79 Å². The van der Waals surface area contributed by atoms with E-state index in [0.717, 1.165) is 30.8 Å². The maximum Gasteiger partial charge on any atom is 0.226 e. The van der Waals surface area contributed by atoms with Gasteiger partial charge >= 0.3 is 0 Å². The summed E-state index contributed by atoms with van der Waals surface area (Å²) in [4.78, 5) is 12.0. The minimum atomic E-state index is -0.0540. The van der Waals surface area contributed by atoms with Crippen molar-refractivity contribution in [2.75, 3.05) is 26.8 Å². The van der Waals surface area contributed by atoms with Gasteiger partial charge in [-0.15, -0.1) is 0 Å². The summed E-state index contributed by atoms with van der Waals surface area (Å²) in [5.74, 6) is 2.26. The quantitative estimate of drug-likeness (QED) is 0.773. The van der Waals surface area contributed by atoms with E-state index in [1.165, 1.54) is 0 Å². The Morgan fingerprint density at radius 3 is 2.61 bits per heavy atom. The number of carbonyl (C=O) groups excluding carboxylic acids is 1. The summed E-state index contributed by atoms with van der Waals surface area (Å²) in [6, 6.07) is 5.79. The van der Waals surface area contributed by atoms with Crippen molar-refractivity contribution < 1.29 is 14.3 Å². The summed E-state index contributed by atoms with van der Waals surface area (Å²) in [6.45, 7) is 8.54. The van der Waals surface area contributed by atoms with Crippen LogP contribution < -0.4 is 20.1 Å². The molecule has 23 heavy (non-hydrogen) atoms. The Bertz CT molecular complexity index is 527. The molecule has 1 aromatic carbocycles. The van der Waals surface area contributed by atoms with Gasteiger partial charge in [0.05, 0.1) is 25.7 Å². The lowest BCUT2D eigenvalue weighted by molar-refractivity contribution is -0.127. The van der Waals surface area contributed by atoms with E-state index in [1.807, 2.05) is 25.1 Å². The first-order valence-corrected chi connectivity index (χ1v) is 8.33. The van der Waals surface area contributed by atoms with E-state index >= 15 is 0 Å². The molecule has 1 unspecified atom stereocenters. The van der Waals surface area contributed by atoms with E-state index in [-0.39, 0.29) is 17.9 Å². The van der Waals surface area contributed by atoms with Crippen molar-refractivity contribution >= 4 is 5.91 Å². The Labute approximate surface area is 138 Å². The highest BCUT2D eigenvalue weighted by molar-refractivity contribution is 5.80. The van der Waals surface area contributed by atoms with Crippen molar-refractivity contribution in [1.29, 1.82) is 0 Å². The maximum atomic E-state index is 12.0. The number of amides is 1. The minimum Gasteiger partial charge on any atom is -0.493 e. The Morgan fingerprint density at radius 2 is 2.04 bits per heavy atom. The molecule has 0 aromatic heterocycles. The highest BCUT2D eigenvalue weighted by atomic mass is 16.5. The van der Waals surface area contributed by atoms with Gasteiger partial charge in [-0.25, -0.2) is 0 Å². The van der Waals surface area contributed by atoms with Gasteiger partial charge in [-0.05, 0) is 37.0 Å². The first-order chi connectivity index (χ1) is 11.0. The van der Waals surface area contributed by atoms with E-state index in [2.05, 4.69) is 24.5 Å². The zero-order valence-electron chi connectivity index (χ0n) is 14.5. The number of ether oxygens (including phenoxy) is 2. The lowest BCUT2D eigenvalue weighted by Crippen LogP contribution is -2.51. The smallest absolute Gasteiger partial charge is 0.226 e. The monoisotopic (exact) mass is 320 g/mol. The van der Waals surface area contributed by atoms with Crippen LogP contribution in [0.2, 0.25) is 0 Å². The molecule has 0 spiro atoms. The molecule has 0 aliphatic carbocycles. The maximum absolute atomic E-state index is 12.0. The van der Waals surface area contributed by atoms with Crippen molar-refractivity contribution in [2.45, 2.75) is 33.2 Å². The van der Waals surface area contributed by atoms with Gasteiger partial charge in [0.2, 0.25) is 5.91 Å². The third-order valence-electron chi connectivity index (χ3n) is 4.15. The second-order valence-corrected chi connectivity index (χ2v) is 6.53. The second kappa shape index (κ2) is 8.20. The molecule has 0 saturated carbocycles. The topological polar surface area (TPSA) is 59.6 Å². The molecule has 1 saturated heterocycles. The molecule has 1 atom stereocenters. The van der Waals surface area contributed by atoms with E-state index in [1.54, 1.807) is 7.11 Å². The minimum absolute atomic E-state index is 0.0540. The van der Waals surface area contributed by atoms with E-state index in [0.29, 0.717) is 18.3 Å². The Morgan fingerprint density at radius 1 is 1.30 bits per heavy atom. The first-order valence-electron chi connectivity index (χ1n) is 8.33. The van der Waals surface area contributed by atoms with Gasteiger partial charge in [-0.2, -0.15) is 0 Å². The van der Waals surface area contributed by atoms with E-state index in [4.69, 9.17) is 9.47 Å². The van der Waals surface area contributed by atoms with E-state index in [9.17, 15) is 4.79 Å². The van der Waals surface area contributed by atoms with E-state index < -0.39 is 0 Å². The van der Waals surface area contributed by atoms with Gasteiger partial charge in [-0.3, -0.25) is 4.79 Å². The lowest BCUT2D eigenvalue weighted by Gasteiger charge is -2.27. The fourth-order valence-electron chi connectivity index (χ4n) is 2.37. The molecule has 2 rings (SSSR count). The number of rotatable bonds is 8. The molecule has 1 aromatic rings. The summed E-state index contributed by atoms with van der Waals surface area (Å²) in [7, 11) is 1.64. The van der Waals surface area contributed by atoms with Crippen LogP contribution in [0.15, 0.2) is 18.2 Å². The van der Waals surface area contributed by atoms with Crippen molar-refractivity contribution in [2.24, 2.45) is 11.8 Å². The van der Waals surface area contributed by atoms with Gasteiger partial charge in [0, 0.05) is 13.1 Å². The second-order valence-electron chi connectivity index (χ2n) is 6.53. The van der Waals surface area contributed by atoms with Crippen LogP contribution in [-0.4, -0.2) is 32.7 Å². The molecule has 0 radical (unpaired) electrons. The summed E-state index contributed by atoms with van der Waals surface area (Å²) < 4.78 is 11.2. The summed E-state index contributed by atoms with van der Waals surface area (Å²) >= 11 is 0. The van der Waals surface area contributed by atoms with Crippen molar-refractivity contribution in [3.05, 3.63) is 23.8 Å². The van der Waals surface area contributed by atoms with Crippen LogP contribution in [0.4, 0.5) is 0 Å². The van der Waals surface area contributed by atoms with Gasteiger partial charge in [0.1, 0.15) is 0 Å². The Balaban J connectivity index is 1.97. The molecule has 2 N–H and O–H groups in total. The average molecular weight is 320 g/mol.